The van der Waals surface area contributed by atoms with Gasteiger partial charge in [0.05, 0.1) is 0 Å². The van der Waals surface area contributed by atoms with Gasteiger partial charge in [0, 0.05) is 5.54 Å². The third-order valence-corrected chi connectivity index (χ3v) is 1.17. The van der Waals surface area contributed by atoms with Crippen molar-refractivity contribution in [2.45, 2.75) is 26.2 Å². The fraction of sp³-hybridized carbons (Fsp3) is 0.500. The van der Waals surface area contributed by atoms with Crippen molar-refractivity contribution < 1.29 is 0 Å². The zero-order valence-electron chi connectivity index (χ0n) is 5.81. The molecule has 0 amide bonds. The first-order valence-electron chi connectivity index (χ1n) is 3.32. The van der Waals surface area contributed by atoms with Gasteiger partial charge in [0.1, 0.15) is 0 Å². The number of allylic oxidation sites excluding steroid dienone is 3. The van der Waals surface area contributed by atoms with E-state index in [-0.39, 0.29) is 0 Å². The lowest BCUT2D eigenvalue weighted by atomic mass is 10.3. The Kier molecular flexibility index (Phi) is 7.57. The zero-order valence-corrected chi connectivity index (χ0v) is 6.56. The first kappa shape index (κ1) is 8.77. The Morgan fingerprint density at radius 1 is 1.11 bits per heavy atom. The summed E-state index contributed by atoms with van der Waals surface area (Å²) >= 11 is 5.31. The number of halogens is 1. The molecule has 0 N–H and O–H groups in total. The van der Waals surface area contributed by atoms with Gasteiger partial charge in [-0.2, -0.15) is 0 Å². The molecule has 0 spiro atoms. The van der Waals surface area contributed by atoms with E-state index in [0.717, 1.165) is 19.3 Å². The average Bonchev–Trinajstić information content (AvgIpc) is 1.89. The van der Waals surface area contributed by atoms with Gasteiger partial charge in [0.25, 0.3) is 0 Å². The van der Waals surface area contributed by atoms with Gasteiger partial charge in [-0.05, 0) is 19.3 Å². The summed E-state index contributed by atoms with van der Waals surface area (Å²) in [5.74, 6) is 0. The molecule has 1 heteroatoms. The highest BCUT2D eigenvalue weighted by molar-refractivity contribution is 6.25. The average molecular weight is 145 g/mol. The van der Waals surface area contributed by atoms with Gasteiger partial charge in [-0.15, -0.1) is 0 Å². The molecule has 0 fully saturated rings. The van der Waals surface area contributed by atoms with Crippen LogP contribution < -0.4 is 0 Å². The van der Waals surface area contributed by atoms with E-state index in [1.165, 1.54) is 0 Å². The summed E-state index contributed by atoms with van der Waals surface area (Å²) in [6.45, 7) is 2.13. The second kappa shape index (κ2) is 7.77. The number of hydrogen-bond donors (Lipinski definition) is 0. The summed E-state index contributed by atoms with van der Waals surface area (Å²) in [4.78, 5) is 0. The van der Waals surface area contributed by atoms with Gasteiger partial charge in [0.15, 0.2) is 0 Å². The highest BCUT2D eigenvalue weighted by atomic mass is 35.5. The summed E-state index contributed by atoms with van der Waals surface area (Å²) in [5, 5.41) is 0. The van der Waals surface area contributed by atoms with Crippen molar-refractivity contribution in [2.75, 3.05) is 0 Å². The van der Waals surface area contributed by atoms with Crippen LogP contribution in [0.1, 0.15) is 26.2 Å². The van der Waals surface area contributed by atoms with Crippen LogP contribution in [0.3, 0.4) is 0 Å². The summed E-state index contributed by atoms with van der Waals surface area (Å²) in [6.07, 6.45) is 9.60. The van der Waals surface area contributed by atoms with Gasteiger partial charge in [-0.1, -0.05) is 36.8 Å². The van der Waals surface area contributed by atoms with E-state index in [1.54, 1.807) is 5.54 Å². The Morgan fingerprint density at radius 3 is 2.33 bits per heavy atom. The van der Waals surface area contributed by atoms with E-state index in [4.69, 9.17) is 11.6 Å². The molecule has 0 bridgehead atoms. The standard InChI is InChI=1S/C8H13Cl/c1-2-3-4-5-6-7-8-9/h3-4,7-8H,2,5-6H2,1H3/b4-3+,8-7+. The summed E-state index contributed by atoms with van der Waals surface area (Å²) in [5.41, 5.74) is 1.57. The van der Waals surface area contributed by atoms with Crippen LogP contribution in [0, 0.1) is 0 Å². The molecule has 0 aromatic heterocycles. The molecule has 0 atom stereocenters. The Hall–Kier alpha value is -0.230. The lowest BCUT2D eigenvalue weighted by Crippen LogP contribution is -1.62. The highest BCUT2D eigenvalue weighted by Crippen LogP contribution is 1.94. The normalized spacial score (nSPS) is 11.8. The molecule has 0 aliphatic heterocycles. The first-order chi connectivity index (χ1) is 4.41. The van der Waals surface area contributed by atoms with E-state index in [9.17, 15) is 0 Å². The largest absolute Gasteiger partial charge is 0.0933 e. The Bertz CT molecular complexity index is 92.7. The zero-order chi connectivity index (χ0) is 6.95. The summed E-state index contributed by atoms with van der Waals surface area (Å²) in [7, 11) is 0. The molecule has 52 valence electrons. The van der Waals surface area contributed by atoms with Crippen LogP contribution >= 0.6 is 11.6 Å². The van der Waals surface area contributed by atoms with Crippen molar-refractivity contribution in [3.05, 3.63) is 23.8 Å². The lowest BCUT2D eigenvalue weighted by molar-refractivity contribution is 1.04. The van der Waals surface area contributed by atoms with E-state index in [1.807, 2.05) is 6.08 Å². The second-order valence-corrected chi connectivity index (χ2v) is 2.07. The molecular formula is C8H13Cl. The molecule has 0 nitrogen and oxygen atoms in total. The number of hydrogen-bond acceptors (Lipinski definition) is 0. The topological polar surface area (TPSA) is 0 Å². The molecule has 0 heterocycles. The van der Waals surface area contributed by atoms with Crippen molar-refractivity contribution in [3.8, 4) is 0 Å². The molecular weight excluding hydrogens is 132 g/mol. The third kappa shape index (κ3) is 7.77. The molecule has 0 aromatic carbocycles. The van der Waals surface area contributed by atoms with Gasteiger partial charge < -0.3 is 0 Å². The molecule has 0 aliphatic carbocycles. The van der Waals surface area contributed by atoms with Gasteiger partial charge in [-0.3, -0.25) is 0 Å². The monoisotopic (exact) mass is 144 g/mol. The molecule has 0 saturated heterocycles. The van der Waals surface area contributed by atoms with E-state index in [0.29, 0.717) is 0 Å². The minimum Gasteiger partial charge on any atom is -0.0933 e. The van der Waals surface area contributed by atoms with Gasteiger partial charge in [-0.25, -0.2) is 0 Å². The van der Waals surface area contributed by atoms with Crippen LogP contribution in [0.25, 0.3) is 0 Å². The minimum absolute atomic E-state index is 1.06. The van der Waals surface area contributed by atoms with E-state index >= 15 is 0 Å². The Labute approximate surface area is 62.2 Å². The lowest BCUT2D eigenvalue weighted by Gasteiger charge is -1.82. The molecule has 0 aliphatic rings. The molecule has 9 heavy (non-hydrogen) atoms. The van der Waals surface area contributed by atoms with Crippen LogP contribution in [0.15, 0.2) is 23.8 Å². The van der Waals surface area contributed by atoms with Crippen molar-refractivity contribution in [3.63, 3.8) is 0 Å². The van der Waals surface area contributed by atoms with Crippen LogP contribution in [0.5, 0.6) is 0 Å². The van der Waals surface area contributed by atoms with Gasteiger partial charge >= 0.3 is 0 Å². The highest BCUT2D eigenvalue weighted by Gasteiger charge is 1.73. The Balaban J connectivity index is 2.99. The molecule has 0 unspecified atom stereocenters. The van der Waals surface area contributed by atoms with Crippen LogP contribution in [0.4, 0.5) is 0 Å². The van der Waals surface area contributed by atoms with E-state index < -0.39 is 0 Å². The summed E-state index contributed by atoms with van der Waals surface area (Å²) < 4.78 is 0. The number of unbranched alkanes of at least 4 members (excludes halogenated alkanes) is 1. The molecule has 0 saturated carbocycles. The second-order valence-electron chi connectivity index (χ2n) is 1.82. The Morgan fingerprint density at radius 2 is 1.78 bits per heavy atom. The van der Waals surface area contributed by atoms with Crippen LogP contribution in [-0.4, -0.2) is 0 Å². The van der Waals surface area contributed by atoms with Crippen molar-refractivity contribution in [2.24, 2.45) is 0 Å². The molecule has 0 radical (unpaired) electrons. The third-order valence-electron chi connectivity index (χ3n) is 0.991. The minimum atomic E-state index is 1.06. The fourth-order valence-electron chi connectivity index (χ4n) is 0.540. The smallest absolute Gasteiger partial charge is 0.000256 e. The van der Waals surface area contributed by atoms with Gasteiger partial charge in [0.2, 0.25) is 0 Å². The SMILES string of the molecule is CC/C=C/CC/C=C/Cl. The van der Waals surface area contributed by atoms with Crippen LogP contribution in [0.2, 0.25) is 0 Å². The maximum atomic E-state index is 5.31. The first-order valence-corrected chi connectivity index (χ1v) is 3.75. The maximum absolute atomic E-state index is 5.31. The fourth-order valence-corrected chi connectivity index (χ4v) is 0.666. The quantitative estimate of drug-likeness (QED) is 0.419. The van der Waals surface area contributed by atoms with Crippen molar-refractivity contribution in [1.82, 2.24) is 0 Å². The molecule has 0 rings (SSSR count). The maximum Gasteiger partial charge on any atom is 0.000256 e. The predicted octanol–water partition coefficient (Wildman–Crippen LogP) is 3.49. The van der Waals surface area contributed by atoms with Crippen molar-refractivity contribution >= 4 is 11.6 Å². The van der Waals surface area contributed by atoms with E-state index in [2.05, 4.69) is 19.1 Å². The predicted molar refractivity (Wildman–Crippen MR) is 43.7 cm³/mol. The molecule has 0 aromatic rings. The van der Waals surface area contributed by atoms with Crippen molar-refractivity contribution in [1.29, 1.82) is 0 Å². The number of rotatable bonds is 4. The summed E-state index contributed by atoms with van der Waals surface area (Å²) in [6, 6.07) is 0. The van der Waals surface area contributed by atoms with Crippen LogP contribution in [-0.2, 0) is 0 Å².